The predicted octanol–water partition coefficient (Wildman–Crippen LogP) is 6.97. The van der Waals surface area contributed by atoms with Gasteiger partial charge in [-0.25, -0.2) is 0 Å². The fourth-order valence-corrected chi connectivity index (χ4v) is 8.09. The molecule has 6 rings (SSSR count). The molecule has 0 aromatic heterocycles. The summed E-state index contributed by atoms with van der Waals surface area (Å²) in [6.07, 6.45) is 15.9. The molecule has 4 aliphatic carbocycles. The van der Waals surface area contributed by atoms with E-state index in [1.54, 1.807) is 11.1 Å². The summed E-state index contributed by atoms with van der Waals surface area (Å²) in [5.74, 6) is 2.26. The van der Waals surface area contributed by atoms with Gasteiger partial charge in [-0.2, -0.15) is 0 Å². The standard InChI is InChI=1S/C29H37NO/c1-29-14-7-9-26(29)22-12-11-20-18-21(31)19-25(28(20)24(22)13-15-29)23-8-3-4-10-27(23)30-16-5-2-6-17-30/h3-4,8,10,18,22,25-26H,2,5-7,9,11-17,19H2,1H3/t22-,25?,26+,29+/m1/s1. The number of fused-ring (bicyclic) bond motifs is 4. The van der Waals surface area contributed by atoms with E-state index in [9.17, 15) is 4.79 Å². The molecule has 4 atom stereocenters. The van der Waals surface area contributed by atoms with E-state index >= 15 is 0 Å². The van der Waals surface area contributed by atoms with Crippen LogP contribution in [0.3, 0.4) is 0 Å². The summed E-state index contributed by atoms with van der Waals surface area (Å²) in [4.78, 5) is 15.5. The zero-order valence-corrected chi connectivity index (χ0v) is 19.2. The maximum absolute atomic E-state index is 12.9. The summed E-state index contributed by atoms with van der Waals surface area (Å²) in [6, 6.07) is 9.06. The zero-order chi connectivity index (χ0) is 21.0. The number of benzene rings is 1. The van der Waals surface area contributed by atoms with Crippen molar-refractivity contribution >= 4 is 11.5 Å². The second kappa shape index (κ2) is 7.64. The van der Waals surface area contributed by atoms with Crippen LogP contribution in [-0.2, 0) is 4.79 Å². The lowest BCUT2D eigenvalue weighted by Gasteiger charge is -2.48. The van der Waals surface area contributed by atoms with Crippen LogP contribution in [0.15, 0.2) is 47.1 Å². The minimum Gasteiger partial charge on any atom is -0.371 e. The Morgan fingerprint density at radius 3 is 2.68 bits per heavy atom. The fraction of sp³-hybridized carbons (Fsp3) is 0.621. The molecular weight excluding hydrogens is 378 g/mol. The summed E-state index contributed by atoms with van der Waals surface area (Å²) < 4.78 is 0. The van der Waals surface area contributed by atoms with Gasteiger partial charge in [0.15, 0.2) is 5.78 Å². The van der Waals surface area contributed by atoms with E-state index in [4.69, 9.17) is 0 Å². The Kier molecular flexibility index (Phi) is 4.89. The maximum atomic E-state index is 12.9. The third-order valence-electron chi connectivity index (χ3n) is 9.57. The molecule has 5 aliphatic rings. The molecular formula is C29H37NO. The molecule has 1 unspecified atom stereocenters. The third kappa shape index (κ3) is 3.24. The molecule has 31 heavy (non-hydrogen) atoms. The molecule has 0 N–H and O–H groups in total. The smallest absolute Gasteiger partial charge is 0.156 e. The predicted molar refractivity (Wildman–Crippen MR) is 127 cm³/mol. The van der Waals surface area contributed by atoms with E-state index in [1.165, 1.54) is 74.6 Å². The molecule has 1 aromatic carbocycles. The molecule has 0 amide bonds. The van der Waals surface area contributed by atoms with Gasteiger partial charge in [-0.3, -0.25) is 4.79 Å². The van der Waals surface area contributed by atoms with Gasteiger partial charge in [0.2, 0.25) is 0 Å². The van der Waals surface area contributed by atoms with Crippen LogP contribution in [0.4, 0.5) is 5.69 Å². The van der Waals surface area contributed by atoms with Crippen LogP contribution in [0.25, 0.3) is 0 Å². The molecule has 164 valence electrons. The van der Waals surface area contributed by atoms with E-state index in [1.807, 2.05) is 6.08 Å². The van der Waals surface area contributed by atoms with Crippen molar-refractivity contribution in [3.8, 4) is 0 Å². The second-order valence-electron chi connectivity index (χ2n) is 11.2. The van der Waals surface area contributed by atoms with Crippen molar-refractivity contribution in [3.63, 3.8) is 0 Å². The number of carbonyl (C=O) groups excluding carboxylic acids is 1. The SMILES string of the molecule is C[C@@]12CCC[C@H]1[C@@H]1CCC3=CC(=O)CC(c4ccccc4N4CCCCC4)C3=C1CC2. The van der Waals surface area contributed by atoms with Gasteiger partial charge >= 0.3 is 0 Å². The Morgan fingerprint density at radius 1 is 0.968 bits per heavy atom. The number of ketones is 1. The van der Waals surface area contributed by atoms with E-state index in [2.05, 4.69) is 36.1 Å². The Balaban J connectivity index is 1.45. The van der Waals surface area contributed by atoms with Crippen molar-refractivity contribution in [1.29, 1.82) is 0 Å². The number of anilines is 1. The van der Waals surface area contributed by atoms with Crippen molar-refractivity contribution in [2.45, 2.75) is 83.5 Å². The van der Waals surface area contributed by atoms with Gasteiger partial charge in [-0.05, 0) is 104 Å². The van der Waals surface area contributed by atoms with Crippen LogP contribution < -0.4 is 4.90 Å². The Labute approximate surface area is 187 Å². The molecule has 2 nitrogen and oxygen atoms in total. The van der Waals surface area contributed by atoms with Crippen LogP contribution in [0.1, 0.15) is 89.0 Å². The van der Waals surface area contributed by atoms with Crippen LogP contribution in [-0.4, -0.2) is 18.9 Å². The Bertz CT molecular complexity index is 949. The number of piperidine rings is 1. The first-order chi connectivity index (χ1) is 15.1. The average Bonchev–Trinajstić information content (AvgIpc) is 3.20. The molecule has 0 spiro atoms. The van der Waals surface area contributed by atoms with Crippen molar-refractivity contribution < 1.29 is 4.79 Å². The first-order valence-corrected chi connectivity index (χ1v) is 12.9. The van der Waals surface area contributed by atoms with Crippen molar-refractivity contribution in [3.05, 3.63) is 52.6 Å². The number of carbonyl (C=O) groups is 1. The summed E-state index contributed by atoms with van der Waals surface area (Å²) in [5.41, 5.74) is 8.15. The lowest BCUT2D eigenvalue weighted by Crippen LogP contribution is -2.38. The minimum absolute atomic E-state index is 0.272. The number of hydrogen-bond donors (Lipinski definition) is 0. The Hall–Kier alpha value is -1.83. The average molecular weight is 416 g/mol. The number of nitrogens with zero attached hydrogens (tertiary/aromatic N) is 1. The van der Waals surface area contributed by atoms with E-state index < -0.39 is 0 Å². The van der Waals surface area contributed by atoms with Gasteiger partial charge in [0.1, 0.15) is 0 Å². The topological polar surface area (TPSA) is 20.3 Å². The molecule has 0 bridgehead atoms. The highest BCUT2D eigenvalue weighted by atomic mass is 16.1. The molecule has 1 aliphatic heterocycles. The molecule has 2 heteroatoms. The number of allylic oxidation sites excluding steroid dienone is 4. The minimum atomic E-state index is 0.272. The molecule has 3 fully saturated rings. The molecule has 1 aromatic rings. The second-order valence-corrected chi connectivity index (χ2v) is 11.2. The highest BCUT2D eigenvalue weighted by molar-refractivity contribution is 5.94. The zero-order valence-electron chi connectivity index (χ0n) is 19.2. The lowest BCUT2D eigenvalue weighted by atomic mass is 9.56. The summed E-state index contributed by atoms with van der Waals surface area (Å²) >= 11 is 0. The summed E-state index contributed by atoms with van der Waals surface area (Å²) in [5, 5.41) is 0. The highest BCUT2D eigenvalue weighted by Crippen LogP contribution is 2.61. The molecule has 1 saturated heterocycles. The molecule has 0 radical (unpaired) electrons. The van der Waals surface area contributed by atoms with Crippen molar-refractivity contribution in [1.82, 2.24) is 0 Å². The van der Waals surface area contributed by atoms with Gasteiger partial charge < -0.3 is 4.90 Å². The van der Waals surface area contributed by atoms with E-state index in [0.29, 0.717) is 17.6 Å². The summed E-state index contributed by atoms with van der Waals surface area (Å²) in [7, 11) is 0. The van der Waals surface area contributed by atoms with Crippen LogP contribution in [0.2, 0.25) is 0 Å². The quantitative estimate of drug-likeness (QED) is 0.520. The van der Waals surface area contributed by atoms with Crippen molar-refractivity contribution in [2.75, 3.05) is 18.0 Å². The number of para-hydroxylation sites is 1. The highest BCUT2D eigenvalue weighted by Gasteiger charge is 2.49. The van der Waals surface area contributed by atoms with Crippen LogP contribution >= 0.6 is 0 Å². The fourth-order valence-electron chi connectivity index (χ4n) is 8.09. The maximum Gasteiger partial charge on any atom is 0.156 e. The number of hydrogen-bond acceptors (Lipinski definition) is 2. The van der Waals surface area contributed by atoms with Crippen LogP contribution in [0, 0.1) is 17.3 Å². The van der Waals surface area contributed by atoms with Gasteiger partial charge in [-0.15, -0.1) is 0 Å². The largest absolute Gasteiger partial charge is 0.371 e. The van der Waals surface area contributed by atoms with Crippen molar-refractivity contribution in [2.24, 2.45) is 17.3 Å². The van der Waals surface area contributed by atoms with Gasteiger partial charge in [0.25, 0.3) is 0 Å². The van der Waals surface area contributed by atoms with Gasteiger partial charge in [0.05, 0.1) is 0 Å². The van der Waals surface area contributed by atoms with Gasteiger partial charge in [-0.1, -0.05) is 37.1 Å². The van der Waals surface area contributed by atoms with Gasteiger partial charge in [0, 0.05) is 31.1 Å². The molecule has 2 saturated carbocycles. The van der Waals surface area contributed by atoms with E-state index in [-0.39, 0.29) is 5.92 Å². The normalized spacial score (nSPS) is 35.4. The monoisotopic (exact) mass is 415 g/mol. The first-order valence-electron chi connectivity index (χ1n) is 12.9. The van der Waals surface area contributed by atoms with E-state index in [0.717, 1.165) is 31.3 Å². The van der Waals surface area contributed by atoms with Crippen LogP contribution in [0.5, 0.6) is 0 Å². The molecule has 1 heterocycles. The third-order valence-corrected chi connectivity index (χ3v) is 9.57. The summed E-state index contributed by atoms with van der Waals surface area (Å²) in [6.45, 7) is 4.90. The first kappa shape index (κ1) is 19.8. The lowest BCUT2D eigenvalue weighted by molar-refractivity contribution is -0.115. The number of rotatable bonds is 2. The Morgan fingerprint density at radius 2 is 1.81 bits per heavy atom.